The number of aromatic nitrogens is 2. The Hall–Kier alpha value is -4.12. The maximum Gasteiger partial charge on any atom is 0.261 e. The van der Waals surface area contributed by atoms with Crippen molar-refractivity contribution in [1.29, 1.82) is 0 Å². The minimum atomic E-state index is -4.05. The van der Waals surface area contributed by atoms with Crippen LogP contribution >= 0.6 is 0 Å². The van der Waals surface area contributed by atoms with E-state index in [2.05, 4.69) is 20.0 Å². The number of rotatable bonds is 7. The molecule has 0 bridgehead atoms. The smallest absolute Gasteiger partial charge is 0.261 e. The van der Waals surface area contributed by atoms with Crippen molar-refractivity contribution < 1.29 is 22.8 Å². The van der Waals surface area contributed by atoms with Gasteiger partial charge in [0.1, 0.15) is 0 Å². The molecule has 174 valence electrons. The number of aryl methyl sites for hydroxylation is 2. The second-order valence-corrected chi connectivity index (χ2v) is 9.25. The molecule has 2 aromatic carbocycles. The number of hydrogen-bond acceptors (Lipinski definition) is 7. The van der Waals surface area contributed by atoms with Crippen LogP contribution in [0.15, 0.2) is 59.5 Å². The Morgan fingerprint density at radius 3 is 2.06 bits per heavy atom. The lowest BCUT2D eigenvalue weighted by atomic mass is 10.1. The van der Waals surface area contributed by atoms with Gasteiger partial charge in [-0.25, -0.2) is 8.42 Å². The fourth-order valence-corrected chi connectivity index (χ4v) is 4.38. The molecule has 3 amide bonds. The van der Waals surface area contributed by atoms with E-state index < -0.39 is 27.7 Å². The average molecular weight is 479 g/mol. The summed E-state index contributed by atoms with van der Waals surface area (Å²) in [5.41, 5.74) is 2.19. The van der Waals surface area contributed by atoms with Crippen LogP contribution in [-0.4, -0.2) is 47.6 Å². The van der Waals surface area contributed by atoms with Crippen LogP contribution < -0.4 is 5.32 Å². The number of benzene rings is 2. The van der Waals surface area contributed by atoms with Gasteiger partial charge in [0, 0.05) is 24.6 Å². The zero-order chi connectivity index (χ0) is 24.5. The Balaban J connectivity index is 1.36. The van der Waals surface area contributed by atoms with Crippen LogP contribution in [0.2, 0.25) is 0 Å². The molecule has 0 unspecified atom stereocenters. The first-order chi connectivity index (χ1) is 16.1. The van der Waals surface area contributed by atoms with Gasteiger partial charge in [-0.05, 0) is 61.6 Å². The minimum absolute atomic E-state index is 0.0700. The quantitative estimate of drug-likeness (QED) is 0.514. The molecule has 34 heavy (non-hydrogen) atoms. The van der Waals surface area contributed by atoms with E-state index in [0.717, 1.165) is 4.90 Å². The molecule has 1 aliphatic rings. The Bertz CT molecular complexity index is 1350. The topological polar surface area (TPSA) is 140 Å². The van der Waals surface area contributed by atoms with Gasteiger partial charge in [-0.15, -0.1) is 0 Å². The van der Waals surface area contributed by atoms with E-state index in [1.807, 2.05) is 0 Å². The zero-order valence-electron chi connectivity index (χ0n) is 18.3. The first-order valence-electron chi connectivity index (χ1n) is 10.3. The van der Waals surface area contributed by atoms with Crippen LogP contribution in [0.25, 0.3) is 4.72 Å². The molecule has 0 radical (unpaired) electrons. The van der Waals surface area contributed by atoms with E-state index in [1.165, 1.54) is 24.3 Å². The van der Waals surface area contributed by atoms with Gasteiger partial charge in [-0.1, -0.05) is 18.2 Å². The molecule has 1 aliphatic heterocycles. The fraction of sp³-hybridized carbons (Fsp3) is 0.174. The zero-order valence-corrected chi connectivity index (χ0v) is 19.2. The molecule has 1 N–H and O–H groups in total. The molecule has 1 aromatic heterocycles. The maximum atomic E-state index is 12.6. The summed E-state index contributed by atoms with van der Waals surface area (Å²) in [5, 5.41) is 2.62. The lowest BCUT2D eigenvalue weighted by molar-refractivity contribution is -0.116. The summed E-state index contributed by atoms with van der Waals surface area (Å²) < 4.78 is 28.8. The van der Waals surface area contributed by atoms with Crippen LogP contribution in [0.5, 0.6) is 0 Å². The summed E-state index contributed by atoms with van der Waals surface area (Å²) >= 11 is 0. The number of anilines is 1. The molecule has 0 atom stereocenters. The van der Waals surface area contributed by atoms with E-state index in [-0.39, 0.29) is 23.8 Å². The lowest BCUT2D eigenvalue weighted by Crippen LogP contribution is -2.32. The predicted molar refractivity (Wildman–Crippen MR) is 123 cm³/mol. The van der Waals surface area contributed by atoms with Crippen LogP contribution in [-0.2, 0) is 14.8 Å². The highest BCUT2D eigenvalue weighted by Crippen LogP contribution is 2.26. The molecule has 0 saturated carbocycles. The van der Waals surface area contributed by atoms with Gasteiger partial charge >= 0.3 is 0 Å². The summed E-state index contributed by atoms with van der Waals surface area (Å²) in [6, 6.07) is 13.7. The van der Waals surface area contributed by atoms with Gasteiger partial charge in [0.15, 0.2) is 0 Å². The van der Waals surface area contributed by atoms with Crippen molar-refractivity contribution in [1.82, 2.24) is 14.9 Å². The Morgan fingerprint density at radius 1 is 0.941 bits per heavy atom. The van der Waals surface area contributed by atoms with E-state index in [0.29, 0.717) is 28.2 Å². The second kappa shape index (κ2) is 9.02. The Morgan fingerprint density at radius 2 is 1.50 bits per heavy atom. The van der Waals surface area contributed by atoms with Crippen molar-refractivity contribution >= 4 is 39.4 Å². The second-order valence-electron chi connectivity index (χ2n) is 7.65. The summed E-state index contributed by atoms with van der Waals surface area (Å²) in [5.74, 6) is -1.44. The number of carbonyl (C=O) groups is 3. The normalized spacial score (nSPS) is 13.1. The Labute approximate surface area is 196 Å². The number of nitrogens with zero attached hydrogens (tertiary/aromatic N) is 4. The molecule has 11 heteroatoms. The van der Waals surface area contributed by atoms with Gasteiger partial charge in [-0.2, -0.15) is 0 Å². The number of carbonyl (C=O) groups excluding carboxylic acids is 3. The maximum absolute atomic E-state index is 12.6. The van der Waals surface area contributed by atoms with Crippen molar-refractivity contribution in [3.05, 3.63) is 81.8 Å². The van der Waals surface area contributed by atoms with Crippen molar-refractivity contribution in [2.45, 2.75) is 25.2 Å². The molecule has 3 aromatic rings. The molecule has 4 rings (SSSR count). The molecule has 0 aliphatic carbocycles. The fourth-order valence-electron chi connectivity index (χ4n) is 3.50. The van der Waals surface area contributed by atoms with Crippen molar-refractivity contribution in [3.8, 4) is 0 Å². The SMILES string of the molecule is Cc1cc(C)nc([N-]S(=O)(=O)c2ccc(NC(=O)CCN3C(=O)c4ccccc4C3=O)cc2)n1. The highest BCUT2D eigenvalue weighted by atomic mass is 32.2. The van der Waals surface area contributed by atoms with E-state index in [1.54, 1.807) is 44.2 Å². The average Bonchev–Trinajstić information content (AvgIpc) is 3.01. The third kappa shape index (κ3) is 4.79. The first kappa shape index (κ1) is 23.1. The summed E-state index contributed by atoms with van der Waals surface area (Å²) in [6.07, 6.45) is -0.106. The van der Waals surface area contributed by atoms with E-state index in [4.69, 9.17) is 0 Å². The van der Waals surface area contributed by atoms with Crippen molar-refractivity contribution in [3.63, 3.8) is 0 Å². The van der Waals surface area contributed by atoms with Crippen LogP contribution in [0.4, 0.5) is 11.6 Å². The van der Waals surface area contributed by atoms with Gasteiger partial charge in [-0.3, -0.25) is 24.0 Å². The summed E-state index contributed by atoms with van der Waals surface area (Å²) in [4.78, 5) is 46.1. The largest absolute Gasteiger partial charge is 0.363 e. The van der Waals surface area contributed by atoms with Crippen LogP contribution in [0, 0.1) is 13.8 Å². The van der Waals surface area contributed by atoms with Gasteiger partial charge in [0.25, 0.3) is 11.8 Å². The Kier molecular flexibility index (Phi) is 6.12. The molecule has 0 saturated heterocycles. The van der Waals surface area contributed by atoms with Crippen LogP contribution in [0.1, 0.15) is 38.5 Å². The van der Waals surface area contributed by atoms with Crippen molar-refractivity contribution in [2.24, 2.45) is 0 Å². The third-order valence-electron chi connectivity index (χ3n) is 5.05. The summed E-state index contributed by atoms with van der Waals surface area (Å²) in [6.45, 7) is 3.36. The third-order valence-corrected chi connectivity index (χ3v) is 6.32. The van der Waals surface area contributed by atoms with Gasteiger partial charge in [0.2, 0.25) is 15.9 Å². The first-order valence-corrected chi connectivity index (χ1v) is 11.7. The number of nitrogens with one attached hydrogen (secondary N) is 1. The minimum Gasteiger partial charge on any atom is -0.363 e. The van der Waals surface area contributed by atoms with Gasteiger partial charge in [0.05, 0.1) is 16.0 Å². The van der Waals surface area contributed by atoms with E-state index >= 15 is 0 Å². The molecule has 10 nitrogen and oxygen atoms in total. The molecule has 2 heterocycles. The van der Waals surface area contributed by atoms with Gasteiger partial charge < -0.3 is 15.3 Å². The number of fused-ring (bicyclic) bond motifs is 1. The lowest BCUT2D eigenvalue weighted by Gasteiger charge is -2.15. The monoisotopic (exact) mass is 478 g/mol. The number of sulfonamides is 1. The molecular weight excluding hydrogens is 458 g/mol. The standard InChI is InChI=1S/C23H21N5O5S/c1-14-13-15(2)25-23(24-14)27-34(32,33)17-9-7-16(8-10-17)26-20(29)11-12-28-21(30)18-5-3-4-6-19(18)22(28)31/h3-10,13H,11-12H2,1-2H3,(H2,24,25,26,27,29)/p-1. The highest BCUT2D eigenvalue weighted by molar-refractivity contribution is 7.94. The molecule has 0 spiro atoms. The number of amides is 3. The van der Waals surface area contributed by atoms with Crippen LogP contribution in [0.3, 0.4) is 0 Å². The van der Waals surface area contributed by atoms with E-state index in [9.17, 15) is 22.8 Å². The van der Waals surface area contributed by atoms with Crippen molar-refractivity contribution in [2.75, 3.05) is 11.9 Å². The number of hydrogen-bond donors (Lipinski definition) is 1. The molecule has 0 fully saturated rings. The summed E-state index contributed by atoms with van der Waals surface area (Å²) in [7, 11) is -4.05. The number of imide groups is 1. The predicted octanol–water partition coefficient (Wildman–Crippen LogP) is 3.11. The highest BCUT2D eigenvalue weighted by Gasteiger charge is 2.34. The molecular formula is C23H20N5O5S-.